The second-order valence-corrected chi connectivity index (χ2v) is 8.13. The van der Waals surface area contributed by atoms with Crippen LogP contribution >= 0.6 is 0 Å². The lowest BCUT2D eigenvalue weighted by molar-refractivity contribution is 0.572. The maximum absolute atomic E-state index is 13.3. The van der Waals surface area contributed by atoms with Crippen LogP contribution in [0.4, 0.5) is 10.2 Å². The average Bonchev–Trinajstić information content (AvgIpc) is 2.42. The van der Waals surface area contributed by atoms with Crippen LogP contribution in [0.25, 0.3) is 0 Å². The van der Waals surface area contributed by atoms with Crippen molar-refractivity contribution in [3.05, 3.63) is 46.8 Å². The Hall–Kier alpha value is -2.27. The Morgan fingerprint density at radius 2 is 1.59 bits per heavy atom. The molecule has 11 heteroatoms. The molecule has 0 aliphatic rings. The summed E-state index contributed by atoms with van der Waals surface area (Å²) in [5, 5.41) is 0. The molecule has 2 rings (SSSR count). The van der Waals surface area contributed by atoms with Crippen LogP contribution in [0.15, 0.2) is 45.0 Å². The Morgan fingerprint density at radius 1 is 1.09 bits per heavy atom. The first-order chi connectivity index (χ1) is 10.0. The molecule has 1 heterocycles. The molecule has 1 aromatic carbocycles. The number of benzene rings is 1. The first-order valence-corrected chi connectivity index (χ1v) is 8.97. The molecule has 0 fully saturated rings. The van der Waals surface area contributed by atoms with E-state index in [1.54, 1.807) is 0 Å². The van der Waals surface area contributed by atoms with Crippen LogP contribution in [0.3, 0.4) is 0 Å². The van der Waals surface area contributed by atoms with E-state index in [0.717, 1.165) is 30.5 Å². The molecule has 0 bridgehead atoms. The van der Waals surface area contributed by atoms with E-state index >= 15 is 0 Å². The van der Waals surface area contributed by atoms with Gasteiger partial charge in [-0.1, -0.05) is 0 Å². The fourth-order valence-electron chi connectivity index (χ4n) is 1.57. The smallest absolute Gasteiger partial charge is 0.363 e. The van der Waals surface area contributed by atoms with Gasteiger partial charge >= 0.3 is 5.69 Å². The summed E-state index contributed by atoms with van der Waals surface area (Å²) >= 11 is 0. The first-order valence-electron chi connectivity index (χ1n) is 5.64. The molecular formula is C11H10FN3O5S2. The number of hydrogen-bond donors (Lipinski definition) is 1. The van der Waals surface area contributed by atoms with Gasteiger partial charge in [-0.2, -0.15) is 8.96 Å². The molecule has 2 aromatic rings. The molecule has 0 spiro atoms. The number of halogens is 1. The lowest BCUT2D eigenvalue weighted by Crippen LogP contribution is -2.30. The summed E-state index contributed by atoms with van der Waals surface area (Å²) in [7, 11) is -7.92. The Bertz CT molecular complexity index is 995. The van der Waals surface area contributed by atoms with Crippen molar-refractivity contribution in [2.24, 2.45) is 0 Å². The maximum atomic E-state index is 13.3. The summed E-state index contributed by atoms with van der Waals surface area (Å²) in [6.07, 6.45) is 1.37. The van der Waals surface area contributed by atoms with Gasteiger partial charge in [-0.15, -0.1) is 0 Å². The fraction of sp³-hybridized carbons (Fsp3) is 0.0909. The minimum atomic E-state index is -4.42. The summed E-state index contributed by atoms with van der Waals surface area (Å²) < 4.78 is 60.6. The maximum Gasteiger partial charge on any atom is 0.363 e. The standard InChI is InChI=1S/C11H10FN3O5S2/c1-21(17,18)7-2-4-8(5-3-7)22(19,20)15-6-9(12)10(13)14-11(15)16/h2-6H,1H3,(H2,13,14,16). The Morgan fingerprint density at radius 3 is 2.09 bits per heavy atom. The minimum Gasteiger partial charge on any atom is -0.381 e. The summed E-state index contributed by atoms with van der Waals surface area (Å²) in [4.78, 5) is 14.1. The van der Waals surface area contributed by atoms with Gasteiger partial charge in [0, 0.05) is 6.26 Å². The summed E-state index contributed by atoms with van der Waals surface area (Å²) in [6.45, 7) is 0. The molecule has 0 aliphatic carbocycles. The van der Waals surface area contributed by atoms with E-state index in [4.69, 9.17) is 5.73 Å². The van der Waals surface area contributed by atoms with Gasteiger partial charge in [0.25, 0.3) is 10.0 Å². The number of nitrogens with zero attached hydrogens (tertiary/aromatic N) is 2. The third kappa shape index (κ3) is 2.85. The van der Waals surface area contributed by atoms with Crippen molar-refractivity contribution < 1.29 is 21.2 Å². The SMILES string of the molecule is CS(=O)(=O)c1ccc(S(=O)(=O)n2cc(F)c(N)nc2=O)cc1. The molecule has 0 saturated heterocycles. The molecule has 22 heavy (non-hydrogen) atoms. The molecule has 0 radical (unpaired) electrons. The van der Waals surface area contributed by atoms with E-state index in [2.05, 4.69) is 4.98 Å². The summed E-state index contributed by atoms with van der Waals surface area (Å²) in [5.41, 5.74) is 3.81. The Labute approximate surface area is 125 Å². The number of nitrogen functional groups attached to an aromatic ring is 1. The number of hydrogen-bond acceptors (Lipinski definition) is 7. The van der Waals surface area contributed by atoms with Crippen molar-refractivity contribution in [1.82, 2.24) is 8.96 Å². The number of rotatable bonds is 3. The highest BCUT2D eigenvalue weighted by atomic mass is 32.2. The highest BCUT2D eigenvalue weighted by Crippen LogP contribution is 2.16. The van der Waals surface area contributed by atoms with Gasteiger partial charge in [0.15, 0.2) is 21.5 Å². The van der Waals surface area contributed by atoms with Gasteiger partial charge in [0.2, 0.25) is 0 Å². The van der Waals surface area contributed by atoms with Crippen molar-refractivity contribution >= 4 is 25.7 Å². The molecule has 1 aromatic heterocycles. The average molecular weight is 347 g/mol. The molecule has 2 N–H and O–H groups in total. The van der Waals surface area contributed by atoms with Crippen LogP contribution in [0.2, 0.25) is 0 Å². The Kier molecular flexibility index (Phi) is 3.79. The number of anilines is 1. The highest BCUT2D eigenvalue weighted by molar-refractivity contribution is 7.91. The summed E-state index contributed by atoms with van der Waals surface area (Å²) in [5.74, 6) is -1.89. The largest absolute Gasteiger partial charge is 0.381 e. The van der Waals surface area contributed by atoms with Crippen LogP contribution in [-0.4, -0.2) is 32.0 Å². The molecule has 0 amide bonds. The number of sulfone groups is 1. The van der Waals surface area contributed by atoms with Crippen LogP contribution in [0.1, 0.15) is 0 Å². The third-order valence-corrected chi connectivity index (χ3v) is 5.46. The second kappa shape index (κ2) is 5.18. The fourth-order valence-corrected chi connectivity index (χ4v) is 3.39. The lowest BCUT2D eigenvalue weighted by Gasteiger charge is -2.08. The van der Waals surface area contributed by atoms with E-state index in [9.17, 15) is 26.0 Å². The van der Waals surface area contributed by atoms with Crippen LogP contribution < -0.4 is 11.4 Å². The van der Waals surface area contributed by atoms with E-state index in [-0.39, 0.29) is 8.87 Å². The zero-order chi connectivity index (χ0) is 16.7. The molecule has 118 valence electrons. The van der Waals surface area contributed by atoms with Gasteiger partial charge < -0.3 is 5.73 Å². The van der Waals surface area contributed by atoms with E-state index in [0.29, 0.717) is 6.20 Å². The van der Waals surface area contributed by atoms with Crippen LogP contribution in [-0.2, 0) is 19.9 Å². The van der Waals surface area contributed by atoms with Crippen molar-refractivity contribution in [3.8, 4) is 0 Å². The van der Waals surface area contributed by atoms with Gasteiger partial charge in [0.05, 0.1) is 16.0 Å². The highest BCUT2D eigenvalue weighted by Gasteiger charge is 2.21. The van der Waals surface area contributed by atoms with Crippen molar-refractivity contribution in [3.63, 3.8) is 0 Å². The minimum absolute atomic E-state index is 0.0914. The topological polar surface area (TPSA) is 129 Å². The van der Waals surface area contributed by atoms with Gasteiger partial charge in [0.1, 0.15) is 0 Å². The first kappa shape index (κ1) is 16.1. The van der Waals surface area contributed by atoms with E-state index in [1.165, 1.54) is 0 Å². The van der Waals surface area contributed by atoms with Gasteiger partial charge in [-0.25, -0.2) is 26.0 Å². The molecule has 0 unspecified atom stereocenters. The van der Waals surface area contributed by atoms with E-state index in [1.807, 2.05) is 0 Å². The van der Waals surface area contributed by atoms with Gasteiger partial charge in [-0.3, -0.25) is 0 Å². The molecule has 0 atom stereocenters. The van der Waals surface area contributed by atoms with Crippen molar-refractivity contribution in [2.45, 2.75) is 9.79 Å². The van der Waals surface area contributed by atoms with Crippen LogP contribution in [0, 0.1) is 5.82 Å². The Balaban J connectivity index is 2.61. The van der Waals surface area contributed by atoms with Gasteiger partial charge in [-0.05, 0) is 24.3 Å². The number of aromatic nitrogens is 2. The molecule has 0 saturated carbocycles. The van der Waals surface area contributed by atoms with Crippen molar-refractivity contribution in [2.75, 3.05) is 12.0 Å². The van der Waals surface area contributed by atoms with Crippen molar-refractivity contribution in [1.29, 1.82) is 0 Å². The molecule has 0 aliphatic heterocycles. The predicted molar refractivity (Wildman–Crippen MR) is 75.0 cm³/mol. The predicted octanol–water partition coefficient (Wildman–Crippen LogP) is -0.395. The molecular weight excluding hydrogens is 337 g/mol. The second-order valence-electron chi connectivity index (χ2n) is 4.30. The number of nitrogens with two attached hydrogens (primary N) is 1. The lowest BCUT2D eigenvalue weighted by atomic mass is 10.4. The van der Waals surface area contributed by atoms with Crippen LogP contribution in [0.5, 0.6) is 0 Å². The van der Waals surface area contributed by atoms with E-state index < -0.39 is 42.1 Å². The quantitative estimate of drug-likeness (QED) is 0.800. The third-order valence-electron chi connectivity index (χ3n) is 2.69. The normalized spacial score (nSPS) is 12.3. The summed E-state index contributed by atoms with van der Waals surface area (Å²) in [6, 6.07) is 4.11. The molecule has 8 nitrogen and oxygen atoms in total. The monoisotopic (exact) mass is 347 g/mol. The zero-order valence-corrected chi connectivity index (χ0v) is 12.7. The zero-order valence-electron chi connectivity index (χ0n) is 11.1.